The summed E-state index contributed by atoms with van der Waals surface area (Å²) in [4.78, 5) is 4.63. The van der Waals surface area contributed by atoms with Crippen LogP contribution in [0.3, 0.4) is 0 Å². The zero-order valence-corrected chi connectivity index (χ0v) is 13.7. The normalized spacial score (nSPS) is 10.5. The molecule has 23 heavy (non-hydrogen) atoms. The summed E-state index contributed by atoms with van der Waals surface area (Å²) in [5.41, 5.74) is 3.21. The Balaban J connectivity index is 1.59. The number of fused-ring (bicyclic) bond motifs is 1. The van der Waals surface area contributed by atoms with Gasteiger partial charge in [-0.3, -0.25) is 0 Å². The van der Waals surface area contributed by atoms with Gasteiger partial charge in [-0.25, -0.2) is 0 Å². The maximum Gasteiger partial charge on any atom is 0.119 e. The van der Waals surface area contributed by atoms with Crippen LogP contribution in [0, 0.1) is 11.8 Å². The van der Waals surface area contributed by atoms with Gasteiger partial charge in [0, 0.05) is 45.5 Å². The van der Waals surface area contributed by atoms with Crippen molar-refractivity contribution in [2.24, 2.45) is 0 Å². The molecule has 3 N–H and O–H groups in total. The van der Waals surface area contributed by atoms with Gasteiger partial charge in [0.25, 0.3) is 0 Å². The highest BCUT2D eigenvalue weighted by atomic mass is 32.1. The number of aromatic amines is 1. The van der Waals surface area contributed by atoms with Gasteiger partial charge in [-0.05, 0) is 30.3 Å². The van der Waals surface area contributed by atoms with E-state index in [0.29, 0.717) is 0 Å². The number of aliphatic hydroxyl groups is 1. The first-order valence-electron chi connectivity index (χ1n) is 7.32. The van der Waals surface area contributed by atoms with Crippen molar-refractivity contribution in [3.8, 4) is 17.6 Å². The monoisotopic (exact) mass is 326 g/mol. The maximum absolute atomic E-state index is 8.70. The zero-order valence-electron chi connectivity index (χ0n) is 12.8. The van der Waals surface area contributed by atoms with Crippen LogP contribution in [0.1, 0.15) is 16.1 Å². The molecule has 0 aliphatic rings. The summed E-state index contributed by atoms with van der Waals surface area (Å²) < 4.78 is 5.25. The molecule has 0 aliphatic heterocycles. The molecule has 0 fully saturated rings. The van der Waals surface area contributed by atoms with Gasteiger partial charge in [-0.2, -0.15) is 0 Å². The van der Waals surface area contributed by atoms with Crippen LogP contribution >= 0.6 is 11.3 Å². The largest absolute Gasteiger partial charge is 0.497 e. The average Bonchev–Trinajstić information content (AvgIpc) is 3.18. The molecule has 0 bridgehead atoms. The summed E-state index contributed by atoms with van der Waals surface area (Å²) >= 11 is 1.67. The summed E-state index contributed by atoms with van der Waals surface area (Å²) in [6.07, 6.45) is 0. The SMILES string of the molecule is COc1ccc2[nH]c(CNCc3cc(C#CCO)cs3)cc2c1. The molecule has 3 rings (SSSR count). The van der Waals surface area contributed by atoms with Crippen molar-refractivity contribution in [2.45, 2.75) is 13.1 Å². The Bertz CT molecular complexity index is 855. The Morgan fingerprint density at radius 2 is 2.17 bits per heavy atom. The third-order valence-corrected chi connectivity index (χ3v) is 4.40. The summed E-state index contributed by atoms with van der Waals surface area (Å²) in [6, 6.07) is 10.2. The Labute approximate surface area is 139 Å². The van der Waals surface area contributed by atoms with Crippen LogP contribution < -0.4 is 10.1 Å². The fourth-order valence-corrected chi connectivity index (χ4v) is 3.18. The number of hydrogen-bond donors (Lipinski definition) is 3. The second kappa shape index (κ2) is 7.34. The molecule has 5 heteroatoms. The minimum Gasteiger partial charge on any atom is -0.497 e. The third kappa shape index (κ3) is 3.93. The molecule has 3 aromatic rings. The Kier molecular flexibility index (Phi) is 4.99. The second-order valence-electron chi connectivity index (χ2n) is 5.11. The van der Waals surface area contributed by atoms with Crippen molar-refractivity contribution >= 4 is 22.2 Å². The first kappa shape index (κ1) is 15.6. The number of aliphatic hydroxyl groups excluding tert-OH is 1. The lowest BCUT2D eigenvalue weighted by Crippen LogP contribution is -2.11. The van der Waals surface area contributed by atoms with Crippen molar-refractivity contribution in [3.63, 3.8) is 0 Å². The maximum atomic E-state index is 8.70. The van der Waals surface area contributed by atoms with E-state index in [4.69, 9.17) is 9.84 Å². The van der Waals surface area contributed by atoms with Crippen molar-refractivity contribution in [3.05, 3.63) is 51.8 Å². The van der Waals surface area contributed by atoms with Gasteiger partial charge in [-0.1, -0.05) is 11.8 Å². The lowest BCUT2D eigenvalue weighted by Gasteiger charge is -2.00. The quantitative estimate of drug-likeness (QED) is 0.632. The number of nitrogens with one attached hydrogen (secondary N) is 2. The molecule has 0 radical (unpaired) electrons. The zero-order chi connectivity index (χ0) is 16.1. The highest BCUT2D eigenvalue weighted by Crippen LogP contribution is 2.21. The molecule has 0 saturated carbocycles. The lowest BCUT2D eigenvalue weighted by molar-refractivity contribution is 0.350. The highest BCUT2D eigenvalue weighted by Gasteiger charge is 2.03. The number of hydrogen-bond acceptors (Lipinski definition) is 4. The molecule has 2 aromatic heterocycles. The second-order valence-corrected chi connectivity index (χ2v) is 6.11. The number of H-pyrrole nitrogens is 1. The van der Waals surface area contributed by atoms with E-state index in [2.05, 4.69) is 34.3 Å². The molecule has 1 aromatic carbocycles. The molecule has 0 aliphatic carbocycles. The van der Waals surface area contributed by atoms with Crippen LogP contribution in [0.15, 0.2) is 35.7 Å². The Morgan fingerprint density at radius 3 is 3.00 bits per heavy atom. The van der Waals surface area contributed by atoms with Crippen molar-refractivity contribution < 1.29 is 9.84 Å². The van der Waals surface area contributed by atoms with E-state index in [1.54, 1.807) is 18.4 Å². The molecule has 118 valence electrons. The summed E-state index contributed by atoms with van der Waals surface area (Å²) in [7, 11) is 1.68. The van der Waals surface area contributed by atoms with Crippen LogP contribution in [0.5, 0.6) is 5.75 Å². The first-order chi connectivity index (χ1) is 11.3. The minimum atomic E-state index is -0.103. The lowest BCUT2D eigenvalue weighted by atomic mass is 10.2. The van der Waals surface area contributed by atoms with E-state index >= 15 is 0 Å². The van der Waals surface area contributed by atoms with Gasteiger partial charge < -0.3 is 20.1 Å². The topological polar surface area (TPSA) is 57.3 Å². The van der Waals surface area contributed by atoms with Crippen LogP contribution in [0.2, 0.25) is 0 Å². The van der Waals surface area contributed by atoms with Gasteiger partial charge in [0.2, 0.25) is 0 Å². The fourth-order valence-electron chi connectivity index (χ4n) is 2.39. The van der Waals surface area contributed by atoms with Crippen molar-refractivity contribution in [1.29, 1.82) is 0 Å². The summed E-state index contributed by atoms with van der Waals surface area (Å²) in [5, 5.41) is 15.3. The molecule has 2 heterocycles. The predicted molar refractivity (Wildman–Crippen MR) is 93.7 cm³/mol. The van der Waals surface area contributed by atoms with E-state index in [-0.39, 0.29) is 6.61 Å². The number of thiophene rings is 1. The van der Waals surface area contributed by atoms with Gasteiger partial charge >= 0.3 is 0 Å². The number of ether oxygens (including phenoxy) is 1. The average molecular weight is 326 g/mol. The minimum absolute atomic E-state index is 0.103. The number of benzene rings is 1. The highest BCUT2D eigenvalue weighted by molar-refractivity contribution is 7.10. The van der Waals surface area contributed by atoms with Crippen LogP contribution in [0.25, 0.3) is 10.9 Å². The van der Waals surface area contributed by atoms with Crippen LogP contribution in [-0.4, -0.2) is 23.8 Å². The standard InChI is InChI=1S/C18H18N2O2S/c1-22-16-4-5-18-14(9-16)8-15(20-18)10-19-11-17-7-13(12-23-17)3-2-6-21/h4-5,7-9,12,19-21H,6,10-11H2,1H3. The number of methoxy groups -OCH3 is 1. The first-order valence-corrected chi connectivity index (χ1v) is 8.20. The van der Waals surface area contributed by atoms with E-state index in [1.807, 2.05) is 23.6 Å². The predicted octanol–water partition coefficient (Wildman–Crippen LogP) is 2.87. The Hall–Kier alpha value is -2.26. The smallest absolute Gasteiger partial charge is 0.119 e. The van der Waals surface area contributed by atoms with E-state index in [9.17, 15) is 0 Å². The Morgan fingerprint density at radius 1 is 1.26 bits per heavy atom. The number of rotatable bonds is 5. The molecule has 4 nitrogen and oxygen atoms in total. The number of aromatic nitrogens is 1. The van der Waals surface area contributed by atoms with Crippen molar-refractivity contribution in [1.82, 2.24) is 10.3 Å². The molecule has 0 amide bonds. The van der Waals surface area contributed by atoms with Gasteiger partial charge in [0.1, 0.15) is 12.4 Å². The van der Waals surface area contributed by atoms with Crippen LogP contribution in [0.4, 0.5) is 0 Å². The van der Waals surface area contributed by atoms with E-state index < -0.39 is 0 Å². The third-order valence-electron chi connectivity index (χ3n) is 3.46. The van der Waals surface area contributed by atoms with E-state index in [1.165, 1.54) is 4.88 Å². The molecular formula is C18H18N2O2S. The fraction of sp³-hybridized carbons (Fsp3) is 0.222. The molecule has 0 spiro atoms. The van der Waals surface area contributed by atoms with E-state index in [0.717, 1.165) is 41.0 Å². The molecule has 0 saturated heterocycles. The van der Waals surface area contributed by atoms with Crippen molar-refractivity contribution in [2.75, 3.05) is 13.7 Å². The molecule has 0 unspecified atom stereocenters. The summed E-state index contributed by atoms with van der Waals surface area (Å²) in [5.74, 6) is 6.44. The molecular weight excluding hydrogens is 308 g/mol. The van der Waals surface area contributed by atoms with Gasteiger partial charge in [0.05, 0.1) is 7.11 Å². The van der Waals surface area contributed by atoms with Gasteiger partial charge in [-0.15, -0.1) is 11.3 Å². The van der Waals surface area contributed by atoms with Crippen LogP contribution in [-0.2, 0) is 13.1 Å². The summed E-state index contributed by atoms with van der Waals surface area (Å²) in [6.45, 7) is 1.46. The molecule has 0 atom stereocenters. The van der Waals surface area contributed by atoms with Gasteiger partial charge in [0.15, 0.2) is 0 Å².